The SMILES string of the molecule is CCCC(CNC(=O)c1nnn(-c2ccc(OC(C)C)cc2)c1C)C(=O)O. The molecule has 1 amide bonds. The Morgan fingerprint density at radius 2 is 1.93 bits per heavy atom. The van der Waals surface area contributed by atoms with Gasteiger partial charge in [-0.25, -0.2) is 4.68 Å². The van der Waals surface area contributed by atoms with Crippen molar-refractivity contribution >= 4 is 11.9 Å². The molecule has 1 unspecified atom stereocenters. The number of benzene rings is 1. The Bertz CT molecular complexity index is 784. The number of rotatable bonds is 9. The molecule has 0 aliphatic rings. The molecule has 0 aliphatic heterocycles. The summed E-state index contributed by atoms with van der Waals surface area (Å²) >= 11 is 0. The summed E-state index contributed by atoms with van der Waals surface area (Å²) in [6, 6.07) is 7.34. The van der Waals surface area contributed by atoms with Crippen LogP contribution in [0.3, 0.4) is 0 Å². The van der Waals surface area contributed by atoms with Gasteiger partial charge < -0.3 is 15.2 Å². The van der Waals surface area contributed by atoms with Crippen LogP contribution in [0, 0.1) is 12.8 Å². The van der Waals surface area contributed by atoms with E-state index in [0.29, 0.717) is 12.1 Å². The van der Waals surface area contributed by atoms with Gasteiger partial charge in [0.2, 0.25) is 0 Å². The van der Waals surface area contributed by atoms with E-state index in [1.54, 1.807) is 11.6 Å². The quantitative estimate of drug-likeness (QED) is 0.699. The van der Waals surface area contributed by atoms with Gasteiger partial charge in [0.25, 0.3) is 5.91 Å². The molecule has 1 heterocycles. The van der Waals surface area contributed by atoms with Crippen LogP contribution < -0.4 is 10.1 Å². The molecule has 1 aromatic carbocycles. The Hall–Kier alpha value is -2.90. The molecular formula is C19H26N4O4. The minimum absolute atomic E-state index is 0.0650. The minimum atomic E-state index is -0.916. The first-order valence-corrected chi connectivity index (χ1v) is 9.03. The summed E-state index contributed by atoms with van der Waals surface area (Å²) in [4.78, 5) is 23.6. The van der Waals surface area contributed by atoms with Crippen molar-refractivity contribution < 1.29 is 19.4 Å². The molecule has 2 rings (SSSR count). The van der Waals surface area contributed by atoms with Crippen molar-refractivity contribution in [2.24, 2.45) is 5.92 Å². The van der Waals surface area contributed by atoms with Gasteiger partial charge in [0, 0.05) is 6.54 Å². The molecule has 1 aromatic heterocycles. The lowest BCUT2D eigenvalue weighted by Gasteiger charge is -2.12. The summed E-state index contributed by atoms with van der Waals surface area (Å²) in [6.45, 7) is 7.63. The first-order chi connectivity index (χ1) is 12.8. The van der Waals surface area contributed by atoms with Crippen molar-refractivity contribution in [3.05, 3.63) is 35.7 Å². The molecule has 0 aliphatic carbocycles. The maximum Gasteiger partial charge on any atom is 0.308 e. The number of hydrogen-bond donors (Lipinski definition) is 2. The molecule has 0 saturated carbocycles. The number of carboxylic acids is 1. The van der Waals surface area contributed by atoms with E-state index in [1.165, 1.54) is 0 Å². The third-order valence-electron chi connectivity index (χ3n) is 4.06. The molecule has 0 fully saturated rings. The summed E-state index contributed by atoms with van der Waals surface area (Å²) in [5.41, 5.74) is 1.51. The minimum Gasteiger partial charge on any atom is -0.491 e. The van der Waals surface area contributed by atoms with Crippen LogP contribution in [-0.4, -0.2) is 44.6 Å². The van der Waals surface area contributed by atoms with Crippen LogP contribution in [0.5, 0.6) is 5.75 Å². The van der Waals surface area contributed by atoms with Crippen molar-refractivity contribution in [3.63, 3.8) is 0 Å². The fraction of sp³-hybridized carbons (Fsp3) is 0.474. The predicted octanol–water partition coefficient (Wildman–Crippen LogP) is 2.59. The number of nitrogens with one attached hydrogen (secondary N) is 1. The highest BCUT2D eigenvalue weighted by Gasteiger charge is 2.21. The fourth-order valence-corrected chi connectivity index (χ4v) is 2.68. The van der Waals surface area contributed by atoms with E-state index < -0.39 is 17.8 Å². The van der Waals surface area contributed by atoms with E-state index in [9.17, 15) is 14.7 Å². The molecule has 1 atom stereocenters. The van der Waals surface area contributed by atoms with Gasteiger partial charge in [-0.05, 0) is 51.5 Å². The summed E-state index contributed by atoms with van der Waals surface area (Å²) in [6.07, 6.45) is 1.33. The number of aromatic nitrogens is 3. The van der Waals surface area contributed by atoms with Crippen molar-refractivity contribution in [2.75, 3.05) is 6.54 Å². The molecule has 146 valence electrons. The molecule has 2 N–H and O–H groups in total. The van der Waals surface area contributed by atoms with E-state index in [0.717, 1.165) is 17.9 Å². The highest BCUT2D eigenvalue weighted by Crippen LogP contribution is 2.18. The van der Waals surface area contributed by atoms with Crippen LogP contribution in [0.2, 0.25) is 0 Å². The van der Waals surface area contributed by atoms with Crippen molar-refractivity contribution in [1.29, 1.82) is 0 Å². The Morgan fingerprint density at radius 3 is 2.48 bits per heavy atom. The number of amides is 1. The molecule has 8 nitrogen and oxygen atoms in total. The Labute approximate surface area is 158 Å². The molecule has 0 spiro atoms. The number of carboxylic acid groups (broad SMARTS) is 1. The van der Waals surface area contributed by atoms with Crippen LogP contribution in [0.1, 0.15) is 49.8 Å². The zero-order chi connectivity index (χ0) is 20.0. The van der Waals surface area contributed by atoms with Gasteiger partial charge in [0.15, 0.2) is 5.69 Å². The van der Waals surface area contributed by atoms with Gasteiger partial charge in [0.05, 0.1) is 23.4 Å². The zero-order valence-electron chi connectivity index (χ0n) is 16.1. The first-order valence-electron chi connectivity index (χ1n) is 9.03. The maximum atomic E-state index is 12.4. The molecule has 0 saturated heterocycles. The van der Waals surface area contributed by atoms with Gasteiger partial charge in [-0.2, -0.15) is 0 Å². The number of carbonyl (C=O) groups is 2. The van der Waals surface area contributed by atoms with E-state index in [1.807, 2.05) is 45.0 Å². The molecule has 0 radical (unpaired) electrons. The second-order valence-electron chi connectivity index (χ2n) is 6.63. The smallest absolute Gasteiger partial charge is 0.308 e. The topological polar surface area (TPSA) is 106 Å². The fourth-order valence-electron chi connectivity index (χ4n) is 2.68. The second kappa shape index (κ2) is 9.16. The van der Waals surface area contributed by atoms with E-state index in [-0.39, 0.29) is 18.3 Å². The zero-order valence-corrected chi connectivity index (χ0v) is 16.1. The van der Waals surface area contributed by atoms with Crippen LogP contribution in [0.25, 0.3) is 5.69 Å². The number of hydrogen-bond acceptors (Lipinski definition) is 5. The monoisotopic (exact) mass is 374 g/mol. The van der Waals surface area contributed by atoms with Crippen molar-refractivity contribution in [1.82, 2.24) is 20.3 Å². The van der Waals surface area contributed by atoms with Crippen molar-refractivity contribution in [3.8, 4) is 11.4 Å². The van der Waals surface area contributed by atoms with Gasteiger partial charge in [0.1, 0.15) is 5.75 Å². The Morgan fingerprint density at radius 1 is 1.26 bits per heavy atom. The summed E-state index contributed by atoms with van der Waals surface area (Å²) in [7, 11) is 0. The van der Waals surface area contributed by atoms with Gasteiger partial charge in [-0.15, -0.1) is 5.10 Å². The lowest BCUT2D eigenvalue weighted by Crippen LogP contribution is -2.33. The van der Waals surface area contributed by atoms with Gasteiger partial charge >= 0.3 is 5.97 Å². The highest BCUT2D eigenvalue weighted by atomic mass is 16.5. The number of ether oxygens (including phenoxy) is 1. The van der Waals surface area contributed by atoms with E-state index in [4.69, 9.17) is 4.74 Å². The first kappa shape index (κ1) is 20.4. The van der Waals surface area contributed by atoms with Gasteiger partial charge in [-0.1, -0.05) is 18.6 Å². The summed E-state index contributed by atoms with van der Waals surface area (Å²) < 4.78 is 7.18. The third-order valence-corrected chi connectivity index (χ3v) is 4.06. The molecule has 8 heteroatoms. The largest absolute Gasteiger partial charge is 0.491 e. The third kappa shape index (κ3) is 5.29. The summed E-state index contributed by atoms with van der Waals surface area (Å²) in [5.74, 6) is -1.20. The van der Waals surface area contributed by atoms with E-state index >= 15 is 0 Å². The number of carbonyl (C=O) groups excluding carboxylic acids is 1. The standard InChI is InChI=1S/C19H26N4O4/c1-5-6-14(19(25)26)11-20-18(24)17-13(4)23(22-21-17)15-7-9-16(10-8-15)27-12(2)3/h7-10,12,14H,5-6,11H2,1-4H3,(H,20,24)(H,25,26). The average Bonchev–Trinajstić information content (AvgIpc) is 3.00. The second-order valence-corrected chi connectivity index (χ2v) is 6.63. The van der Waals surface area contributed by atoms with Crippen LogP contribution >= 0.6 is 0 Å². The lowest BCUT2D eigenvalue weighted by atomic mass is 10.0. The summed E-state index contributed by atoms with van der Waals surface area (Å²) in [5, 5.41) is 19.8. The van der Waals surface area contributed by atoms with Crippen LogP contribution in [0.4, 0.5) is 0 Å². The Kier molecular flexibility index (Phi) is 6.92. The number of aliphatic carboxylic acids is 1. The molecule has 27 heavy (non-hydrogen) atoms. The molecule has 2 aromatic rings. The normalized spacial score (nSPS) is 12.0. The predicted molar refractivity (Wildman–Crippen MR) is 100 cm³/mol. The van der Waals surface area contributed by atoms with Gasteiger partial charge in [-0.3, -0.25) is 9.59 Å². The average molecular weight is 374 g/mol. The molecule has 0 bridgehead atoms. The lowest BCUT2D eigenvalue weighted by molar-refractivity contribution is -0.141. The maximum absolute atomic E-state index is 12.4. The number of nitrogens with zero attached hydrogens (tertiary/aromatic N) is 3. The highest BCUT2D eigenvalue weighted by molar-refractivity contribution is 5.93. The van der Waals surface area contributed by atoms with E-state index in [2.05, 4.69) is 15.6 Å². The molecular weight excluding hydrogens is 348 g/mol. The van der Waals surface area contributed by atoms with Crippen molar-refractivity contribution in [2.45, 2.75) is 46.6 Å². The van der Waals surface area contributed by atoms with Crippen LogP contribution in [0.15, 0.2) is 24.3 Å². The Balaban J connectivity index is 2.09. The van der Waals surface area contributed by atoms with Crippen LogP contribution in [-0.2, 0) is 4.79 Å².